The van der Waals surface area contributed by atoms with Gasteiger partial charge in [0, 0.05) is 28.7 Å². The van der Waals surface area contributed by atoms with Crippen LogP contribution in [0.4, 0.5) is 0 Å². The molecule has 5 aromatic rings. The lowest BCUT2D eigenvalue weighted by Gasteiger charge is -2.39. The van der Waals surface area contributed by atoms with Crippen LogP contribution in [0.15, 0.2) is 79.3 Å². The number of aromatic nitrogens is 5. The van der Waals surface area contributed by atoms with E-state index in [4.69, 9.17) is 10.1 Å². The molecule has 5 nitrogen and oxygen atoms in total. The van der Waals surface area contributed by atoms with Crippen LogP contribution in [-0.4, -0.2) is 14.8 Å². The summed E-state index contributed by atoms with van der Waals surface area (Å²) >= 11 is 0. The van der Waals surface area contributed by atoms with Gasteiger partial charge in [-0.15, -0.1) is 0 Å². The van der Waals surface area contributed by atoms with E-state index < -0.39 is 0 Å². The van der Waals surface area contributed by atoms with Crippen LogP contribution in [0.2, 0.25) is 0 Å². The van der Waals surface area contributed by atoms with Gasteiger partial charge in [0.05, 0.1) is 17.5 Å². The van der Waals surface area contributed by atoms with Gasteiger partial charge in [0.15, 0.2) is 11.7 Å². The van der Waals surface area contributed by atoms with E-state index in [2.05, 4.69) is 135 Å². The Morgan fingerprint density at radius 1 is 0.907 bits per heavy atom. The number of fused-ring (bicyclic) bond motifs is 10. The first-order valence-corrected chi connectivity index (χ1v) is 16.3. The zero-order valence-electron chi connectivity index (χ0n) is 26.7. The van der Waals surface area contributed by atoms with Gasteiger partial charge in [0.2, 0.25) is 11.2 Å². The van der Waals surface area contributed by atoms with E-state index in [1.807, 2.05) is 0 Å². The standard InChI is InChI=1S/C38H45N5/c1-7-10-15-27-19-20-29-31(22-27)39-26-42-35(29)28-16-11-12-17-30(28)38(24-37(42,8-2)9-3)25-43-33(23-34(40-43)36(4,5)6)32-18-13-14-21-41(32)38/h11-14,16-23,26H,7-10,15,24-25H2,1-6H3/q+2. The first-order valence-electron chi connectivity index (χ1n) is 16.3. The van der Waals surface area contributed by atoms with Gasteiger partial charge in [-0.2, -0.15) is 9.67 Å². The van der Waals surface area contributed by atoms with Gasteiger partial charge in [-0.05, 0) is 60.5 Å². The van der Waals surface area contributed by atoms with Crippen molar-refractivity contribution in [2.45, 2.75) is 103 Å². The number of hydrogen-bond donors (Lipinski definition) is 0. The molecular formula is C38H45N5+2. The smallest absolute Gasteiger partial charge is 0.251 e. The highest BCUT2D eigenvalue weighted by molar-refractivity contribution is 5.92. The molecule has 1 atom stereocenters. The number of benzene rings is 2. The molecule has 2 aliphatic heterocycles. The molecule has 0 saturated heterocycles. The minimum Gasteiger partial charge on any atom is -0.251 e. The van der Waals surface area contributed by atoms with E-state index in [1.54, 1.807) is 0 Å². The van der Waals surface area contributed by atoms with Crippen LogP contribution >= 0.6 is 0 Å². The summed E-state index contributed by atoms with van der Waals surface area (Å²) in [5.74, 6) is 0. The molecule has 5 heteroatoms. The average molecular weight is 572 g/mol. The van der Waals surface area contributed by atoms with Crippen LogP contribution in [0.1, 0.15) is 90.5 Å². The van der Waals surface area contributed by atoms with E-state index >= 15 is 0 Å². The van der Waals surface area contributed by atoms with Crippen molar-refractivity contribution >= 4 is 10.9 Å². The van der Waals surface area contributed by atoms with Crippen LogP contribution in [0, 0.1) is 0 Å². The third-order valence-electron chi connectivity index (χ3n) is 10.4. The Hall–Kier alpha value is -3.86. The van der Waals surface area contributed by atoms with Crippen molar-refractivity contribution in [2.75, 3.05) is 0 Å². The molecule has 220 valence electrons. The normalized spacial score (nSPS) is 18.6. The molecule has 1 spiro atoms. The predicted molar refractivity (Wildman–Crippen MR) is 173 cm³/mol. The number of nitrogens with zero attached hydrogens (tertiary/aromatic N) is 5. The summed E-state index contributed by atoms with van der Waals surface area (Å²) in [4.78, 5) is 5.15. The SMILES string of the molecule is CCCCc1ccc2c3[n+](cnc2c1)C(CC)(CC)CC1(Cn2nc(C(C)(C)C)cc2-c2cccc[n+]21)c1ccccc1-3. The molecule has 1 unspecified atom stereocenters. The minimum absolute atomic E-state index is 0.0261. The van der Waals surface area contributed by atoms with Crippen LogP contribution in [0.5, 0.6) is 0 Å². The maximum Gasteiger partial charge on any atom is 0.287 e. The predicted octanol–water partition coefficient (Wildman–Crippen LogP) is 7.66. The van der Waals surface area contributed by atoms with Crippen molar-refractivity contribution in [3.05, 3.63) is 96.1 Å². The summed E-state index contributed by atoms with van der Waals surface area (Å²) in [7, 11) is 0. The highest BCUT2D eigenvalue weighted by Gasteiger charge is 2.58. The molecule has 2 aliphatic rings. The number of hydrogen-bond acceptors (Lipinski definition) is 2. The Bertz CT molecular complexity index is 1840. The van der Waals surface area contributed by atoms with Gasteiger partial charge in [-0.3, -0.25) is 4.68 Å². The van der Waals surface area contributed by atoms with Crippen molar-refractivity contribution in [3.63, 3.8) is 0 Å². The molecule has 7 rings (SSSR count). The van der Waals surface area contributed by atoms with Gasteiger partial charge < -0.3 is 0 Å². The van der Waals surface area contributed by atoms with Crippen molar-refractivity contribution in [1.29, 1.82) is 0 Å². The Balaban J connectivity index is 1.54. The van der Waals surface area contributed by atoms with Crippen molar-refractivity contribution in [3.8, 4) is 22.6 Å². The number of rotatable bonds is 5. The number of aryl methyl sites for hydroxylation is 1. The summed E-state index contributed by atoms with van der Waals surface area (Å²) in [6.45, 7) is 14.5. The third kappa shape index (κ3) is 4.18. The number of pyridine rings is 1. The first kappa shape index (κ1) is 27.9. The largest absolute Gasteiger partial charge is 0.287 e. The van der Waals surface area contributed by atoms with Gasteiger partial charge in [0.1, 0.15) is 23.5 Å². The van der Waals surface area contributed by atoms with E-state index in [1.165, 1.54) is 52.0 Å². The summed E-state index contributed by atoms with van der Waals surface area (Å²) in [6, 6.07) is 25.1. The van der Waals surface area contributed by atoms with Gasteiger partial charge in [-0.25, -0.2) is 4.57 Å². The number of unbranched alkanes of at least 4 members (excludes halogenated alkanes) is 1. The molecule has 3 aromatic heterocycles. The Morgan fingerprint density at radius 3 is 2.47 bits per heavy atom. The lowest BCUT2D eigenvalue weighted by atomic mass is 9.73. The van der Waals surface area contributed by atoms with Crippen LogP contribution < -0.4 is 9.13 Å². The highest BCUT2D eigenvalue weighted by Crippen LogP contribution is 2.48. The van der Waals surface area contributed by atoms with Gasteiger partial charge in [-0.1, -0.05) is 78.3 Å². The summed E-state index contributed by atoms with van der Waals surface area (Å²) in [6.07, 6.45) is 10.9. The Morgan fingerprint density at radius 2 is 1.70 bits per heavy atom. The lowest BCUT2D eigenvalue weighted by molar-refractivity contribution is -0.791. The summed E-state index contributed by atoms with van der Waals surface area (Å²) in [5, 5.41) is 6.53. The quantitative estimate of drug-likeness (QED) is 0.203. The zero-order valence-corrected chi connectivity index (χ0v) is 26.7. The lowest BCUT2D eigenvalue weighted by Crippen LogP contribution is -2.67. The molecular weight excluding hydrogens is 526 g/mol. The second-order valence-electron chi connectivity index (χ2n) is 13.9. The van der Waals surface area contributed by atoms with E-state index in [9.17, 15) is 0 Å². The monoisotopic (exact) mass is 571 g/mol. The molecule has 0 aliphatic carbocycles. The average Bonchev–Trinajstić information content (AvgIpc) is 3.43. The minimum atomic E-state index is -0.327. The summed E-state index contributed by atoms with van der Waals surface area (Å²) < 4.78 is 7.44. The van der Waals surface area contributed by atoms with Crippen molar-refractivity contribution in [2.24, 2.45) is 0 Å². The molecule has 0 saturated carbocycles. The highest BCUT2D eigenvalue weighted by atomic mass is 15.3. The van der Waals surface area contributed by atoms with Gasteiger partial charge in [0.25, 0.3) is 6.33 Å². The molecule has 43 heavy (non-hydrogen) atoms. The van der Waals surface area contributed by atoms with E-state index in [0.29, 0.717) is 0 Å². The zero-order chi connectivity index (χ0) is 30.0. The van der Waals surface area contributed by atoms with Gasteiger partial charge >= 0.3 is 0 Å². The van der Waals surface area contributed by atoms with Crippen LogP contribution in [0.25, 0.3) is 33.5 Å². The fourth-order valence-corrected chi connectivity index (χ4v) is 7.84. The Kier molecular flexibility index (Phi) is 6.57. The molecule has 0 fully saturated rings. The van der Waals surface area contributed by atoms with Crippen molar-refractivity contribution < 1.29 is 9.13 Å². The molecule has 0 radical (unpaired) electrons. The van der Waals surface area contributed by atoms with Crippen LogP contribution in [0.3, 0.4) is 0 Å². The molecule has 2 aromatic carbocycles. The fraction of sp³-hybridized carbons (Fsp3) is 0.421. The summed E-state index contributed by atoms with van der Waals surface area (Å²) in [5.41, 5.74) is 9.51. The molecule has 0 bridgehead atoms. The topological polar surface area (TPSA) is 38.5 Å². The fourth-order valence-electron chi connectivity index (χ4n) is 7.84. The maximum absolute atomic E-state index is 5.29. The first-order chi connectivity index (χ1) is 20.7. The maximum atomic E-state index is 5.29. The van der Waals surface area contributed by atoms with Crippen molar-refractivity contribution in [1.82, 2.24) is 14.8 Å². The van der Waals surface area contributed by atoms with Crippen LogP contribution in [-0.2, 0) is 29.5 Å². The van der Waals surface area contributed by atoms with E-state index in [-0.39, 0.29) is 16.5 Å². The van der Waals surface area contributed by atoms with E-state index in [0.717, 1.165) is 43.4 Å². The molecule has 0 amide bonds. The molecule has 5 heterocycles. The second-order valence-corrected chi connectivity index (χ2v) is 13.9. The third-order valence-corrected chi connectivity index (χ3v) is 10.4. The Labute approximate surface area is 256 Å². The molecule has 0 N–H and O–H groups in total. The second kappa shape index (κ2) is 10.1.